The fourth-order valence-corrected chi connectivity index (χ4v) is 1.04. The van der Waals surface area contributed by atoms with Crippen LogP contribution in [0.25, 0.3) is 0 Å². The summed E-state index contributed by atoms with van der Waals surface area (Å²) in [6, 6.07) is 0. The van der Waals surface area contributed by atoms with E-state index in [2.05, 4.69) is 10.6 Å². The Hall–Kier alpha value is -0.360. The van der Waals surface area contributed by atoms with Gasteiger partial charge in [-0.2, -0.15) is 0 Å². The molecule has 0 aromatic heterocycles. The van der Waals surface area contributed by atoms with Crippen molar-refractivity contribution in [2.75, 3.05) is 40.0 Å². The maximum Gasteiger partial charge on any atom is 0.248 e. The standard InChI is InChI=1S/C10H22N2O3.ClH/c1-4-15-9(2)10(13)12-6-5-11-7-8-14-3;/h9,11H,4-8H2,1-3H3,(H,12,13);1H. The molecule has 1 unspecified atom stereocenters. The molecule has 0 aliphatic heterocycles. The molecular formula is C10H23ClN2O3. The Bertz CT molecular complexity index is 170. The van der Waals surface area contributed by atoms with Gasteiger partial charge in [0.25, 0.3) is 0 Å². The Labute approximate surface area is 104 Å². The van der Waals surface area contributed by atoms with Crippen molar-refractivity contribution >= 4 is 18.3 Å². The molecule has 0 aliphatic carbocycles. The van der Waals surface area contributed by atoms with E-state index in [1.165, 1.54) is 0 Å². The van der Waals surface area contributed by atoms with E-state index in [1.807, 2.05) is 6.92 Å². The van der Waals surface area contributed by atoms with Crippen molar-refractivity contribution in [3.63, 3.8) is 0 Å². The second-order valence-corrected chi connectivity index (χ2v) is 3.13. The molecule has 0 aliphatic rings. The molecule has 16 heavy (non-hydrogen) atoms. The zero-order valence-electron chi connectivity index (χ0n) is 10.2. The first kappa shape index (κ1) is 18.0. The van der Waals surface area contributed by atoms with Gasteiger partial charge in [0.05, 0.1) is 6.61 Å². The maximum atomic E-state index is 11.3. The molecule has 0 aromatic rings. The van der Waals surface area contributed by atoms with Crippen LogP contribution in [0.3, 0.4) is 0 Å². The van der Waals surface area contributed by atoms with Crippen LogP contribution >= 0.6 is 12.4 Å². The minimum absolute atomic E-state index is 0. The van der Waals surface area contributed by atoms with Crippen molar-refractivity contribution in [2.45, 2.75) is 20.0 Å². The normalized spacial score (nSPS) is 11.7. The molecule has 6 heteroatoms. The number of hydrogen-bond acceptors (Lipinski definition) is 4. The highest BCUT2D eigenvalue weighted by Gasteiger charge is 2.10. The largest absolute Gasteiger partial charge is 0.383 e. The van der Waals surface area contributed by atoms with Crippen LogP contribution < -0.4 is 10.6 Å². The number of hydrogen-bond donors (Lipinski definition) is 2. The van der Waals surface area contributed by atoms with Gasteiger partial charge in [0.1, 0.15) is 6.10 Å². The predicted octanol–water partition coefficient (Wildman–Crippen LogP) is 0.185. The lowest BCUT2D eigenvalue weighted by molar-refractivity contribution is -0.131. The third-order valence-corrected chi connectivity index (χ3v) is 1.87. The summed E-state index contributed by atoms with van der Waals surface area (Å²) in [6.45, 7) is 7.01. The van der Waals surface area contributed by atoms with Crippen LogP contribution in [0.2, 0.25) is 0 Å². The number of halogens is 1. The van der Waals surface area contributed by atoms with E-state index in [9.17, 15) is 4.79 Å². The lowest BCUT2D eigenvalue weighted by Crippen LogP contribution is -2.38. The summed E-state index contributed by atoms with van der Waals surface area (Å²) in [7, 11) is 1.66. The van der Waals surface area contributed by atoms with Gasteiger partial charge in [-0.05, 0) is 13.8 Å². The fraction of sp³-hybridized carbons (Fsp3) is 0.900. The molecule has 0 radical (unpaired) electrons. The minimum Gasteiger partial charge on any atom is -0.383 e. The molecule has 0 rings (SSSR count). The summed E-state index contributed by atoms with van der Waals surface area (Å²) in [6.07, 6.45) is -0.367. The minimum atomic E-state index is -0.367. The van der Waals surface area contributed by atoms with Crippen molar-refractivity contribution < 1.29 is 14.3 Å². The summed E-state index contributed by atoms with van der Waals surface area (Å²) in [5.74, 6) is -0.0645. The van der Waals surface area contributed by atoms with Crippen LogP contribution in [0.5, 0.6) is 0 Å². The second-order valence-electron chi connectivity index (χ2n) is 3.13. The number of rotatable bonds is 9. The molecule has 0 bridgehead atoms. The lowest BCUT2D eigenvalue weighted by Gasteiger charge is -2.12. The summed E-state index contributed by atoms with van der Waals surface area (Å²) in [5.41, 5.74) is 0. The second kappa shape index (κ2) is 12.7. The van der Waals surface area contributed by atoms with Crippen LogP contribution in [0.15, 0.2) is 0 Å². The summed E-state index contributed by atoms with van der Waals surface area (Å²) < 4.78 is 10.0. The first-order chi connectivity index (χ1) is 7.22. The number of carbonyl (C=O) groups excluding carboxylic acids is 1. The average molecular weight is 255 g/mol. The Morgan fingerprint density at radius 2 is 2.00 bits per heavy atom. The van der Waals surface area contributed by atoms with E-state index in [0.717, 1.165) is 13.1 Å². The Morgan fingerprint density at radius 3 is 2.56 bits per heavy atom. The van der Waals surface area contributed by atoms with Gasteiger partial charge in [-0.15, -0.1) is 12.4 Å². The van der Waals surface area contributed by atoms with Gasteiger partial charge in [0.2, 0.25) is 5.91 Å². The van der Waals surface area contributed by atoms with Gasteiger partial charge in [-0.25, -0.2) is 0 Å². The van der Waals surface area contributed by atoms with Crippen LogP contribution in [-0.4, -0.2) is 52.0 Å². The molecule has 0 heterocycles. The van der Waals surface area contributed by atoms with E-state index in [-0.39, 0.29) is 24.4 Å². The van der Waals surface area contributed by atoms with Gasteiger partial charge in [-0.3, -0.25) is 4.79 Å². The highest BCUT2D eigenvalue weighted by Crippen LogP contribution is 1.88. The number of methoxy groups -OCH3 is 1. The van der Waals surface area contributed by atoms with E-state index < -0.39 is 0 Å². The zero-order valence-corrected chi connectivity index (χ0v) is 11.1. The predicted molar refractivity (Wildman–Crippen MR) is 66.1 cm³/mol. The lowest BCUT2D eigenvalue weighted by atomic mass is 10.3. The molecule has 0 saturated heterocycles. The summed E-state index contributed by atoms with van der Waals surface area (Å²) in [5, 5.41) is 5.91. The van der Waals surface area contributed by atoms with Crippen molar-refractivity contribution in [1.82, 2.24) is 10.6 Å². The zero-order chi connectivity index (χ0) is 11.5. The third-order valence-electron chi connectivity index (χ3n) is 1.87. The van der Waals surface area contributed by atoms with Gasteiger partial charge in [0.15, 0.2) is 0 Å². The van der Waals surface area contributed by atoms with E-state index in [1.54, 1.807) is 14.0 Å². The molecule has 5 nitrogen and oxygen atoms in total. The van der Waals surface area contributed by atoms with Gasteiger partial charge < -0.3 is 20.1 Å². The first-order valence-electron chi connectivity index (χ1n) is 5.31. The van der Waals surface area contributed by atoms with Crippen molar-refractivity contribution in [3.8, 4) is 0 Å². The van der Waals surface area contributed by atoms with Crippen LogP contribution in [0.4, 0.5) is 0 Å². The van der Waals surface area contributed by atoms with Crippen molar-refractivity contribution in [1.29, 1.82) is 0 Å². The average Bonchev–Trinajstić information content (AvgIpc) is 2.23. The van der Waals surface area contributed by atoms with E-state index in [4.69, 9.17) is 9.47 Å². The van der Waals surface area contributed by atoms with Gasteiger partial charge in [0, 0.05) is 33.4 Å². The number of carbonyl (C=O) groups is 1. The van der Waals surface area contributed by atoms with E-state index >= 15 is 0 Å². The molecule has 0 fully saturated rings. The maximum absolute atomic E-state index is 11.3. The number of ether oxygens (including phenoxy) is 2. The number of amides is 1. The SMILES string of the molecule is CCOC(C)C(=O)NCCNCCOC.Cl. The number of nitrogens with one attached hydrogen (secondary N) is 2. The highest BCUT2D eigenvalue weighted by molar-refractivity contribution is 5.85. The molecule has 1 atom stereocenters. The van der Waals surface area contributed by atoms with Gasteiger partial charge >= 0.3 is 0 Å². The Balaban J connectivity index is 0. The summed E-state index contributed by atoms with van der Waals surface area (Å²) in [4.78, 5) is 11.3. The summed E-state index contributed by atoms with van der Waals surface area (Å²) >= 11 is 0. The van der Waals surface area contributed by atoms with E-state index in [0.29, 0.717) is 19.8 Å². The molecule has 0 saturated carbocycles. The molecular weight excluding hydrogens is 232 g/mol. The van der Waals surface area contributed by atoms with Crippen LogP contribution in [0, 0.1) is 0 Å². The van der Waals surface area contributed by atoms with Crippen LogP contribution in [0.1, 0.15) is 13.8 Å². The van der Waals surface area contributed by atoms with Crippen molar-refractivity contribution in [3.05, 3.63) is 0 Å². The van der Waals surface area contributed by atoms with Crippen molar-refractivity contribution in [2.24, 2.45) is 0 Å². The van der Waals surface area contributed by atoms with Crippen LogP contribution in [-0.2, 0) is 14.3 Å². The molecule has 1 amide bonds. The fourth-order valence-electron chi connectivity index (χ4n) is 1.04. The Morgan fingerprint density at radius 1 is 1.31 bits per heavy atom. The first-order valence-corrected chi connectivity index (χ1v) is 5.31. The highest BCUT2D eigenvalue weighted by atomic mass is 35.5. The third kappa shape index (κ3) is 10.2. The quantitative estimate of drug-likeness (QED) is 0.577. The molecule has 2 N–H and O–H groups in total. The monoisotopic (exact) mass is 254 g/mol. The molecule has 98 valence electrons. The molecule has 0 spiro atoms. The Kier molecular flexibility index (Phi) is 14.3. The molecule has 0 aromatic carbocycles. The smallest absolute Gasteiger partial charge is 0.248 e. The topological polar surface area (TPSA) is 59.6 Å². The van der Waals surface area contributed by atoms with Gasteiger partial charge in [-0.1, -0.05) is 0 Å².